The number of carboxylic acid groups (broad SMARTS) is 1. The molecule has 0 saturated heterocycles. The van der Waals surface area contributed by atoms with E-state index in [1.165, 1.54) is 10.7 Å². The molecule has 9 heteroatoms. The van der Waals surface area contributed by atoms with Crippen molar-refractivity contribution < 1.29 is 19.8 Å². The summed E-state index contributed by atoms with van der Waals surface area (Å²) in [6, 6.07) is 0.517. The van der Waals surface area contributed by atoms with Crippen molar-refractivity contribution in [3.05, 3.63) is 23.8 Å². The zero-order chi connectivity index (χ0) is 14.7. The first-order valence-corrected chi connectivity index (χ1v) is 5.86. The predicted molar refractivity (Wildman–Crippen MR) is 66.1 cm³/mol. The average molecular weight is 279 g/mol. The molecule has 106 valence electrons. The number of hydrogen-bond acceptors (Lipinski definition) is 6. The van der Waals surface area contributed by atoms with Crippen LogP contribution < -0.4 is 5.32 Å². The van der Waals surface area contributed by atoms with Crippen LogP contribution in [0.5, 0.6) is 0 Å². The second-order valence-corrected chi connectivity index (χ2v) is 4.11. The third-order valence-corrected chi connectivity index (χ3v) is 2.65. The second kappa shape index (κ2) is 5.61. The number of aliphatic hydroxyl groups is 1. The molecule has 0 aliphatic rings. The normalized spacial score (nSPS) is 12.3. The van der Waals surface area contributed by atoms with Crippen molar-refractivity contribution in [3.63, 3.8) is 0 Å². The van der Waals surface area contributed by atoms with Gasteiger partial charge >= 0.3 is 5.97 Å². The van der Waals surface area contributed by atoms with E-state index in [9.17, 15) is 9.59 Å². The number of amides is 1. The Morgan fingerprint density at radius 1 is 1.50 bits per heavy atom. The maximum atomic E-state index is 11.9. The molecule has 2 aromatic rings. The van der Waals surface area contributed by atoms with Crippen LogP contribution in [0.15, 0.2) is 12.3 Å². The summed E-state index contributed by atoms with van der Waals surface area (Å²) in [5.41, 5.74) is 0.742. The molecule has 0 bridgehead atoms. The van der Waals surface area contributed by atoms with Gasteiger partial charge in [0.15, 0.2) is 0 Å². The number of aromatic nitrogens is 4. The maximum Gasteiger partial charge on any atom is 0.326 e. The number of carbonyl (C=O) groups is 2. The Hall–Kier alpha value is -2.55. The monoisotopic (exact) mass is 279 g/mol. The van der Waals surface area contributed by atoms with E-state index < -0.39 is 17.9 Å². The quantitative estimate of drug-likeness (QED) is 0.639. The molecule has 0 spiro atoms. The molecule has 0 aliphatic heterocycles. The van der Waals surface area contributed by atoms with Crippen LogP contribution in [0.4, 0.5) is 0 Å². The molecule has 2 aromatic heterocycles. The molecule has 3 N–H and O–H groups in total. The van der Waals surface area contributed by atoms with E-state index in [0.29, 0.717) is 0 Å². The summed E-state index contributed by atoms with van der Waals surface area (Å²) in [4.78, 5) is 30.7. The van der Waals surface area contributed by atoms with Gasteiger partial charge in [-0.25, -0.2) is 14.3 Å². The lowest BCUT2D eigenvalue weighted by Crippen LogP contribution is -2.41. The van der Waals surface area contributed by atoms with Crippen molar-refractivity contribution >= 4 is 17.7 Å². The van der Waals surface area contributed by atoms with Crippen molar-refractivity contribution in [2.75, 3.05) is 6.61 Å². The van der Waals surface area contributed by atoms with Gasteiger partial charge < -0.3 is 15.5 Å². The molecular weight excluding hydrogens is 266 g/mol. The molecule has 0 radical (unpaired) electrons. The molecule has 1 amide bonds. The van der Waals surface area contributed by atoms with Crippen LogP contribution in [0.2, 0.25) is 0 Å². The van der Waals surface area contributed by atoms with Crippen LogP contribution in [0.25, 0.3) is 5.78 Å². The number of carbonyl (C=O) groups excluding carboxylic acids is 1. The van der Waals surface area contributed by atoms with E-state index in [-0.39, 0.29) is 24.6 Å². The molecule has 0 aromatic carbocycles. The molecule has 2 heterocycles. The van der Waals surface area contributed by atoms with Crippen molar-refractivity contribution in [2.24, 2.45) is 0 Å². The third-order valence-electron chi connectivity index (χ3n) is 2.65. The lowest BCUT2D eigenvalue weighted by Gasteiger charge is -2.11. The van der Waals surface area contributed by atoms with Gasteiger partial charge in [-0.15, -0.1) is 5.10 Å². The highest BCUT2D eigenvalue weighted by Gasteiger charge is 2.22. The Bertz CT molecular complexity index is 653. The predicted octanol–water partition coefficient (Wildman–Crippen LogP) is -1.00. The number of hydrogen-bond donors (Lipinski definition) is 3. The molecule has 0 aliphatic carbocycles. The van der Waals surface area contributed by atoms with Crippen molar-refractivity contribution in [1.29, 1.82) is 0 Å². The fourth-order valence-corrected chi connectivity index (χ4v) is 1.61. The highest BCUT2D eigenvalue weighted by atomic mass is 16.4. The van der Waals surface area contributed by atoms with Gasteiger partial charge in [0.05, 0.1) is 0 Å². The van der Waals surface area contributed by atoms with Gasteiger partial charge in [-0.3, -0.25) is 4.79 Å². The van der Waals surface area contributed by atoms with Crippen LogP contribution >= 0.6 is 0 Å². The van der Waals surface area contributed by atoms with Gasteiger partial charge in [-0.05, 0) is 13.0 Å². The van der Waals surface area contributed by atoms with Gasteiger partial charge in [0.1, 0.15) is 6.04 Å². The van der Waals surface area contributed by atoms with E-state index in [2.05, 4.69) is 20.4 Å². The largest absolute Gasteiger partial charge is 0.480 e. The molecule has 0 saturated carbocycles. The Morgan fingerprint density at radius 3 is 2.85 bits per heavy atom. The first-order chi connectivity index (χ1) is 9.52. The smallest absolute Gasteiger partial charge is 0.326 e. The van der Waals surface area contributed by atoms with Crippen LogP contribution in [0, 0.1) is 6.92 Å². The highest BCUT2D eigenvalue weighted by Crippen LogP contribution is 2.02. The summed E-state index contributed by atoms with van der Waals surface area (Å²) in [6.07, 6.45) is 1.44. The fraction of sp³-hybridized carbons (Fsp3) is 0.364. The summed E-state index contributed by atoms with van der Waals surface area (Å²) in [5, 5.41) is 23.9. The van der Waals surface area contributed by atoms with Gasteiger partial charge in [0, 0.05) is 24.9 Å². The molecule has 0 unspecified atom stereocenters. The number of nitrogens with one attached hydrogen (secondary N) is 1. The summed E-state index contributed by atoms with van der Waals surface area (Å²) in [5.74, 6) is -1.87. The lowest BCUT2D eigenvalue weighted by molar-refractivity contribution is -0.139. The van der Waals surface area contributed by atoms with Gasteiger partial charge in [0.2, 0.25) is 5.82 Å². The minimum atomic E-state index is -1.23. The van der Waals surface area contributed by atoms with E-state index in [0.717, 1.165) is 5.69 Å². The first kappa shape index (κ1) is 13.9. The Balaban J connectivity index is 2.22. The SMILES string of the molecule is Cc1ccnc2nc(C(=O)N[C@H](CCO)C(=O)O)nn12. The van der Waals surface area contributed by atoms with E-state index in [1.807, 2.05) is 0 Å². The second-order valence-electron chi connectivity index (χ2n) is 4.11. The number of fused-ring (bicyclic) bond motifs is 1. The number of aryl methyl sites for hydroxylation is 1. The lowest BCUT2D eigenvalue weighted by atomic mass is 10.2. The Kier molecular flexibility index (Phi) is 3.89. The number of carboxylic acids is 1. The molecule has 1 atom stereocenters. The summed E-state index contributed by atoms with van der Waals surface area (Å²) in [6.45, 7) is 1.42. The number of nitrogens with zero attached hydrogens (tertiary/aromatic N) is 4. The highest BCUT2D eigenvalue weighted by molar-refractivity contribution is 5.93. The van der Waals surface area contributed by atoms with Crippen LogP contribution in [0.3, 0.4) is 0 Å². The molecule has 9 nitrogen and oxygen atoms in total. The fourth-order valence-electron chi connectivity index (χ4n) is 1.61. The van der Waals surface area contributed by atoms with Gasteiger partial charge in [-0.1, -0.05) is 0 Å². The number of rotatable bonds is 5. The summed E-state index contributed by atoms with van der Waals surface area (Å²) >= 11 is 0. The zero-order valence-corrected chi connectivity index (χ0v) is 10.6. The minimum Gasteiger partial charge on any atom is -0.480 e. The topological polar surface area (TPSA) is 130 Å². The van der Waals surface area contributed by atoms with Crippen molar-refractivity contribution in [1.82, 2.24) is 24.9 Å². The van der Waals surface area contributed by atoms with Crippen LogP contribution in [-0.4, -0.2) is 54.3 Å². The van der Waals surface area contributed by atoms with E-state index in [1.54, 1.807) is 13.0 Å². The average Bonchev–Trinajstić information content (AvgIpc) is 2.83. The molecule has 20 heavy (non-hydrogen) atoms. The van der Waals surface area contributed by atoms with Crippen LogP contribution in [0.1, 0.15) is 22.7 Å². The first-order valence-electron chi connectivity index (χ1n) is 5.86. The molecular formula is C11H13N5O4. The van der Waals surface area contributed by atoms with Gasteiger partial charge in [0.25, 0.3) is 11.7 Å². The van der Waals surface area contributed by atoms with Crippen LogP contribution in [-0.2, 0) is 4.79 Å². The molecule has 0 fully saturated rings. The van der Waals surface area contributed by atoms with E-state index >= 15 is 0 Å². The minimum absolute atomic E-state index is 0.0915. The van der Waals surface area contributed by atoms with Crippen molar-refractivity contribution in [2.45, 2.75) is 19.4 Å². The molecule has 2 rings (SSSR count). The summed E-state index contributed by atoms with van der Waals surface area (Å²) < 4.78 is 1.39. The number of aliphatic hydroxyl groups excluding tert-OH is 1. The van der Waals surface area contributed by atoms with E-state index in [4.69, 9.17) is 10.2 Å². The van der Waals surface area contributed by atoms with Crippen molar-refractivity contribution in [3.8, 4) is 0 Å². The van der Waals surface area contributed by atoms with Gasteiger partial charge in [-0.2, -0.15) is 4.98 Å². The number of aliphatic carboxylic acids is 1. The summed E-state index contributed by atoms with van der Waals surface area (Å²) in [7, 11) is 0. The maximum absolute atomic E-state index is 11.9. The zero-order valence-electron chi connectivity index (χ0n) is 10.6. The third kappa shape index (κ3) is 2.72. The Labute approximate surface area is 113 Å². The Morgan fingerprint density at radius 2 is 2.25 bits per heavy atom. The standard InChI is InChI=1S/C11H13N5O4/c1-6-2-4-12-11-14-8(15-16(6)11)9(18)13-7(3-5-17)10(19)20/h2,4,7,17H,3,5H2,1H3,(H,13,18)(H,19,20)/t7-/m1/s1.